The van der Waals surface area contributed by atoms with E-state index in [0.717, 1.165) is 26.2 Å². The van der Waals surface area contributed by atoms with Gasteiger partial charge in [0, 0.05) is 56.5 Å². The minimum absolute atomic E-state index is 0.224. The topological polar surface area (TPSA) is 185 Å². The van der Waals surface area contributed by atoms with Crippen LogP contribution < -0.4 is 5.32 Å². The molecule has 186 valence electrons. The van der Waals surface area contributed by atoms with Crippen molar-refractivity contribution in [3.63, 3.8) is 0 Å². The summed E-state index contributed by atoms with van der Waals surface area (Å²) < 4.78 is 0. The molecular weight excluding hydrogens is 438 g/mol. The Morgan fingerprint density at radius 3 is 1.48 bits per heavy atom. The molecule has 0 spiro atoms. The van der Waals surface area contributed by atoms with Gasteiger partial charge in [-0.15, -0.1) is 0 Å². The van der Waals surface area contributed by atoms with Crippen LogP contribution in [0.2, 0.25) is 0 Å². The molecule has 1 amide bonds. The van der Waals surface area contributed by atoms with E-state index in [0.29, 0.717) is 36.9 Å². The molecule has 5 N–H and O–H groups in total. The third kappa shape index (κ3) is 19.2. The largest absolute Gasteiger partial charge is 0.478 e. The van der Waals surface area contributed by atoms with Crippen LogP contribution in [0.15, 0.2) is 24.3 Å². The summed E-state index contributed by atoms with van der Waals surface area (Å²) in [4.78, 5) is 54.7. The number of aliphatic carboxylic acids is 4. The summed E-state index contributed by atoms with van der Waals surface area (Å²) in [7, 11) is 2.14. The van der Waals surface area contributed by atoms with Gasteiger partial charge in [0.05, 0.1) is 6.54 Å². The highest BCUT2D eigenvalue weighted by molar-refractivity contribution is 5.90. The number of hydrogen-bond donors (Lipinski definition) is 5. The Labute approximate surface area is 192 Å². The standard InChI is InChI=1S/C13H25N3O.2C4H4O4/c1-15-7-9-16(10-8-15)11-13(17)14-12-5-3-2-4-6-12;2*5-3(6)1-2-4(7)8/h12H,2-11H2,1H3,(H,14,17);2*1-2H,(H,5,6)(H,7,8)/b;2*2-1-. The number of nitrogens with one attached hydrogen (secondary N) is 1. The molecule has 33 heavy (non-hydrogen) atoms. The Morgan fingerprint density at radius 1 is 0.727 bits per heavy atom. The normalized spacial score (nSPS) is 17.4. The molecule has 1 saturated carbocycles. The van der Waals surface area contributed by atoms with Crippen LogP contribution in [0.3, 0.4) is 0 Å². The van der Waals surface area contributed by atoms with E-state index in [1.807, 2.05) is 0 Å². The summed E-state index contributed by atoms with van der Waals surface area (Å²) in [6, 6.07) is 0.448. The maximum Gasteiger partial charge on any atom is 0.328 e. The van der Waals surface area contributed by atoms with E-state index in [1.165, 1.54) is 32.1 Å². The molecule has 0 unspecified atom stereocenters. The number of hydrogen-bond acceptors (Lipinski definition) is 7. The summed E-state index contributed by atoms with van der Waals surface area (Å²) >= 11 is 0. The van der Waals surface area contributed by atoms with E-state index in [2.05, 4.69) is 22.2 Å². The fourth-order valence-corrected chi connectivity index (χ4v) is 3.01. The number of rotatable bonds is 7. The Morgan fingerprint density at radius 2 is 1.12 bits per heavy atom. The number of piperazine rings is 1. The van der Waals surface area contributed by atoms with E-state index in [1.54, 1.807) is 0 Å². The highest BCUT2D eigenvalue weighted by Crippen LogP contribution is 2.17. The van der Waals surface area contributed by atoms with Crippen molar-refractivity contribution in [2.45, 2.75) is 38.1 Å². The van der Waals surface area contributed by atoms with E-state index in [-0.39, 0.29) is 5.91 Å². The third-order valence-electron chi connectivity index (χ3n) is 4.67. The fraction of sp³-hybridized carbons (Fsp3) is 0.571. The zero-order valence-electron chi connectivity index (χ0n) is 18.7. The maximum absolute atomic E-state index is 11.9. The number of likely N-dealkylation sites (N-methyl/N-ethyl adjacent to an activating group) is 1. The summed E-state index contributed by atoms with van der Waals surface area (Å²) in [5.41, 5.74) is 0. The van der Waals surface area contributed by atoms with Gasteiger partial charge in [0.15, 0.2) is 0 Å². The first-order chi connectivity index (χ1) is 15.5. The van der Waals surface area contributed by atoms with Crippen LogP contribution in [0.25, 0.3) is 0 Å². The Bertz CT molecular complexity index is 642. The highest BCUT2D eigenvalue weighted by atomic mass is 16.4. The zero-order chi connectivity index (χ0) is 25.2. The summed E-state index contributed by atoms with van der Waals surface area (Å²) in [6.45, 7) is 4.79. The minimum atomic E-state index is -1.26. The van der Waals surface area contributed by atoms with Crippen LogP contribution in [0, 0.1) is 0 Å². The van der Waals surface area contributed by atoms with E-state index < -0.39 is 23.9 Å². The Balaban J connectivity index is 0.000000539. The molecule has 2 rings (SSSR count). The van der Waals surface area contributed by atoms with Crippen LogP contribution in [0.5, 0.6) is 0 Å². The Kier molecular flexibility index (Phi) is 15.6. The number of nitrogens with zero attached hydrogens (tertiary/aromatic N) is 2. The van der Waals surface area contributed by atoms with Crippen LogP contribution in [-0.2, 0) is 24.0 Å². The molecule has 2 fully saturated rings. The second kappa shape index (κ2) is 17.3. The molecule has 1 saturated heterocycles. The zero-order valence-corrected chi connectivity index (χ0v) is 18.7. The van der Waals surface area contributed by atoms with Crippen molar-refractivity contribution < 1.29 is 44.4 Å². The number of amides is 1. The average Bonchev–Trinajstić information content (AvgIpc) is 2.74. The predicted octanol–water partition coefficient (Wildman–Crippen LogP) is 0.106. The van der Waals surface area contributed by atoms with Gasteiger partial charge in [0.2, 0.25) is 5.91 Å². The van der Waals surface area contributed by atoms with Crippen LogP contribution in [-0.4, -0.2) is 106 Å². The quantitative estimate of drug-likeness (QED) is 0.317. The van der Waals surface area contributed by atoms with Gasteiger partial charge in [0.1, 0.15) is 0 Å². The number of carbonyl (C=O) groups is 5. The lowest BCUT2D eigenvalue weighted by molar-refractivity contribution is -0.134. The lowest BCUT2D eigenvalue weighted by Gasteiger charge is -2.32. The van der Waals surface area contributed by atoms with Crippen molar-refractivity contribution in [1.82, 2.24) is 15.1 Å². The van der Waals surface area contributed by atoms with Crippen LogP contribution >= 0.6 is 0 Å². The smallest absolute Gasteiger partial charge is 0.328 e. The Hall–Kier alpha value is -3.25. The first-order valence-electron chi connectivity index (χ1n) is 10.5. The highest BCUT2D eigenvalue weighted by Gasteiger charge is 2.19. The number of carbonyl (C=O) groups excluding carboxylic acids is 1. The molecule has 0 atom stereocenters. The van der Waals surface area contributed by atoms with Crippen molar-refractivity contribution in [3.8, 4) is 0 Å². The van der Waals surface area contributed by atoms with Gasteiger partial charge < -0.3 is 30.6 Å². The van der Waals surface area contributed by atoms with Crippen molar-refractivity contribution >= 4 is 29.8 Å². The second-order valence-electron chi connectivity index (χ2n) is 7.50. The first kappa shape index (κ1) is 29.8. The van der Waals surface area contributed by atoms with Crippen molar-refractivity contribution in [2.75, 3.05) is 39.8 Å². The van der Waals surface area contributed by atoms with Crippen molar-refractivity contribution in [1.29, 1.82) is 0 Å². The van der Waals surface area contributed by atoms with Gasteiger partial charge in [-0.25, -0.2) is 19.2 Å². The van der Waals surface area contributed by atoms with Gasteiger partial charge >= 0.3 is 23.9 Å². The van der Waals surface area contributed by atoms with Gasteiger partial charge in [-0.05, 0) is 19.9 Å². The minimum Gasteiger partial charge on any atom is -0.478 e. The lowest BCUT2D eigenvalue weighted by Crippen LogP contribution is -2.49. The van der Waals surface area contributed by atoms with Crippen LogP contribution in [0.1, 0.15) is 32.1 Å². The number of carboxylic acid groups (broad SMARTS) is 4. The molecule has 0 aromatic rings. The number of carboxylic acids is 4. The van der Waals surface area contributed by atoms with Gasteiger partial charge in [0.25, 0.3) is 0 Å². The second-order valence-corrected chi connectivity index (χ2v) is 7.50. The maximum atomic E-state index is 11.9. The van der Waals surface area contributed by atoms with E-state index in [4.69, 9.17) is 20.4 Å². The molecule has 0 radical (unpaired) electrons. The molecule has 1 heterocycles. The molecule has 1 aliphatic heterocycles. The summed E-state index contributed by atoms with van der Waals surface area (Å²) in [5.74, 6) is -4.80. The van der Waals surface area contributed by atoms with Gasteiger partial charge in [-0.1, -0.05) is 19.3 Å². The first-order valence-corrected chi connectivity index (χ1v) is 10.5. The molecule has 12 nitrogen and oxygen atoms in total. The molecule has 0 bridgehead atoms. The fourth-order valence-electron chi connectivity index (χ4n) is 3.01. The SMILES string of the molecule is CN1CCN(CC(=O)NC2CCCCC2)CC1.O=C(O)/C=C\C(=O)O.O=C(O)/C=C\C(=O)O. The average molecular weight is 472 g/mol. The molecule has 2 aliphatic rings. The van der Waals surface area contributed by atoms with Gasteiger partial charge in [-0.3, -0.25) is 9.69 Å². The molecular formula is C21H33N3O9. The van der Waals surface area contributed by atoms with Gasteiger partial charge in [-0.2, -0.15) is 0 Å². The monoisotopic (exact) mass is 471 g/mol. The van der Waals surface area contributed by atoms with E-state index >= 15 is 0 Å². The van der Waals surface area contributed by atoms with E-state index in [9.17, 15) is 24.0 Å². The molecule has 0 aromatic heterocycles. The summed E-state index contributed by atoms with van der Waals surface area (Å²) in [6.07, 6.45) is 8.47. The van der Waals surface area contributed by atoms with Crippen LogP contribution in [0.4, 0.5) is 0 Å². The third-order valence-corrected chi connectivity index (χ3v) is 4.67. The van der Waals surface area contributed by atoms with Crippen molar-refractivity contribution in [3.05, 3.63) is 24.3 Å². The molecule has 0 aromatic carbocycles. The molecule has 1 aliphatic carbocycles. The van der Waals surface area contributed by atoms with Crippen molar-refractivity contribution in [2.24, 2.45) is 0 Å². The lowest BCUT2D eigenvalue weighted by atomic mass is 9.95. The predicted molar refractivity (Wildman–Crippen MR) is 118 cm³/mol. The summed E-state index contributed by atoms with van der Waals surface area (Å²) in [5, 5.41) is 34.4. The molecule has 12 heteroatoms.